The van der Waals surface area contributed by atoms with Gasteiger partial charge in [-0.1, -0.05) is 42.8 Å². The number of aromatic nitrogens is 1. The Morgan fingerprint density at radius 1 is 1.10 bits per heavy atom. The van der Waals surface area contributed by atoms with Crippen LogP contribution in [0.4, 0.5) is 4.79 Å². The van der Waals surface area contributed by atoms with Crippen molar-refractivity contribution in [1.82, 2.24) is 15.6 Å². The summed E-state index contributed by atoms with van der Waals surface area (Å²) in [5, 5.41) is 5.37. The molecule has 4 N–H and O–H groups in total. The first-order valence-electron chi connectivity index (χ1n) is 14.0. The van der Waals surface area contributed by atoms with Crippen molar-refractivity contribution < 1.29 is 33.0 Å². The number of carbonyl (C=O) groups is 3. The fourth-order valence-electron chi connectivity index (χ4n) is 4.94. The second kappa shape index (κ2) is 15.0. The van der Waals surface area contributed by atoms with Crippen molar-refractivity contribution >= 4 is 17.9 Å². The Hall–Kier alpha value is -4.38. The molecule has 42 heavy (non-hydrogen) atoms. The standard InChI is InChI=1S/C31H38N4O7/c1-20-27(34-30(42-20)23-11-7-13-25(15-23)39-2)19-40-17-22-10-6-12-24(14-22)33-28(36)16-26(29(32)37)35-31(38)41-18-21-8-4-3-5-9-21/h3-5,7-9,11,13,15,22,24,26H,6,10,12,14,16-19H2,1-2H3,(H2,32,37)(H,33,36)(H,35,38)/t22?,24?,26-/m0/s1. The largest absolute Gasteiger partial charge is 0.497 e. The highest BCUT2D eigenvalue weighted by atomic mass is 16.5. The number of ether oxygens (including phenoxy) is 3. The second-order valence-electron chi connectivity index (χ2n) is 10.4. The molecule has 11 heteroatoms. The zero-order valence-electron chi connectivity index (χ0n) is 24.0. The molecule has 0 spiro atoms. The molecule has 1 heterocycles. The van der Waals surface area contributed by atoms with Crippen LogP contribution in [0.1, 0.15) is 49.1 Å². The Morgan fingerprint density at radius 2 is 1.90 bits per heavy atom. The normalized spacial score (nSPS) is 17.2. The fourth-order valence-corrected chi connectivity index (χ4v) is 4.94. The molecule has 2 unspecified atom stereocenters. The molecule has 11 nitrogen and oxygen atoms in total. The number of methoxy groups -OCH3 is 1. The average molecular weight is 579 g/mol. The molecule has 3 aromatic rings. The first-order valence-corrected chi connectivity index (χ1v) is 14.0. The minimum atomic E-state index is -1.18. The van der Waals surface area contributed by atoms with Crippen molar-refractivity contribution in [2.75, 3.05) is 13.7 Å². The minimum absolute atomic E-state index is 0.0372. The van der Waals surface area contributed by atoms with E-state index in [1.54, 1.807) is 7.11 Å². The van der Waals surface area contributed by atoms with Gasteiger partial charge in [0.15, 0.2) is 0 Å². The molecule has 224 valence electrons. The van der Waals surface area contributed by atoms with E-state index in [0.717, 1.165) is 48.3 Å². The molecular weight excluding hydrogens is 540 g/mol. The SMILES string of the molecule is COc1cccc(-c2nc(COCC3CCCC(NC(=O)C[C@H](NC(=O)OCc4ccccc4)C(N)=O)C3)c(C)o2)c1. The van der Waals surface area contributed by atoms with E-state index in [4.69, 9.17) is 24.4 Å². The van der Waals surface area contributed by atoms with E-state index in [1.807, 2.05) is 61.5 Å². The molecule has 0 saturated heterocycles. The summed E-state index contributed by atoms with van der Waals surface area (Å²) in [6.07, 6.45) is 2.40. The number of benzene rings is 2. The van der Waals surface area contributed by atoms with Crippen molar-refractivity contribution in [2.24, 2.45) is 11.7 Å². The number of rotatable bonds is 13. The molecule has 0 radical (unpaired) electrons. The number of primary amides is 1. The van der Waals surface area contributed by atoms with E-state index in [2.05, 4.69) is 15.6 Å². The summed E-state index contributed by atoms with van der Waals surface area (Å²) in [7, 11) is 1.61. The van der Waals surface area contributed by atoms with E-state index >= 15 is 0 Å². The van der Waals surface area contributed by atoms with E-state index < -0.39 is 18.0 Å². The maximum absolute atomic E-state index is 12.7. The van der Waals surface area contributed by atoms with Gasteiger partial charge in [0, 0.05) is 18.2 Å². The summed E-state index contributed by atoms with van der Waals surface area (Å²) in [4.78, 5) is 41.4. The highest BCUT2D eigenvalue weighted by molar-refractivity contribution is 5.90. The summed E-state index contributed by atoms with van der Waals surface area (Å²) in [5.74, 6) is 1.02. The third-order valence-corrected chi connectivity index (χ3v) is 7.19. The zero-order valence-corrected chi connectivity index (χ0v) is 24.0. The lowest BCUT2D eigenvalue weighted by Crippen LogP contribution is -2.49. The highest BCUT2D eigenvalue weighted by Gasteiger charge is 2.27. The number of alkyl carbamates (subject to hydrolysis) is 1. The van der Waals surface area contributed by atoms with Gasteiger partial charge in [0.05, 0.1) is 20.1 Å². The predicted molar refractivity (Wildman–Crippen MR) is 154 cm³/mol. The smallest absolute Gasteiger partial charge is 0.408 e. The van der Waals surface area contributed by atoms with Crippen LogP contribution in [0.25, 0.3) is 11.5 Å². The van der Waals surface area contributed by atoms with Gasteiger partial charge >= 0.3 is 6.09 Å². The topological polar surface area (TPSA) is 155 Å². The summed E-state index contributed by atoms with van der Waals surface area (Å²) >= 11 is 0. The monoisotopic (exact) mass is 578 g/mol. The Bertz CT molecular complexity index is 1340. The summed E-state index contributed by atoms with van der Waals surface area (Å²) in [5.41, 5.74) is 7.79. The van der Waals surface area contributed by atoms with Crippen LogP contribution < -0.4 is 21.1 Å². The van der Waals surface area contributed by atoms with E-state index in [0.29, 0.717) is 24.9 Å². The average Bonchev–Trinajstić information content (AvgIpc) is 3.36. The molecule has 1 aliphatic rings. The molecule has 0 aliphatic heterocycles. The van der Waals surface area contributed by atoms with Gasteiger partial charge in [-0.2, -0.15) is 0 Å². The third-order valence-electron chi connectivity index (χ3n) is 7.19. The number of oxazole rings is 1. The minimum Gasteiger partial charge on any atom is -0.497 e. The van der Waals surface area contributed by atoms with Crippen molar-refractivity contribution in [2.45, 2.75) is 64.3 Å². The molecule has 3 amide bonds. The molecule has 2 aromatic carbocycles. The molecule has 1 fully saturated rings. The van der Waals surface area contributed by atoms with Crippen LogP contribution in [0, 0.1) is 12.8 Å². The molecule has 1 saturated carbocycles. The van der Waals surface area contributed by atoms with Gasteiger partial charge < -0.3 is 35.0 Å². The highest BCUT2D eigenvalue weighted by Crippen LogP contribution is 2.27. The Balaban J connectivity index is 1.20. The third kappa shape index (κ3) is 9.07. The predicted octanol–water partition coefficient (Wildman–Crippen LogP) is 4.02. The lowest BCUT2D eigenvalue weighted by molar-refractivity contribution is -0.127. The van der Waals surface area contributed by atoms with Crippen LogP contribution in [-0.4, -0.2) is 48.7 Å². The number of nitrogens with two attached hydrogens (primary N) is 1. The van der Waals surface area contributed by atoms with Crippen LogP contribution in [0.3, 0.4) is 0 Å². The summed E-state index contributed by atoms with van der Waals surface area (Å²) in [6, 6.07) is 15.4. The lowest BCUT2D eigenvalue weighted by atomic mass is 9.86. The van der Waals surface area contributed by atoms with Crippen LogP contribution in [-0.2, 0) is 32.3 Å². The number of nitrogens with zero attached hydrogens (tertiary/aromatic N) is 1. The molecule has 1 aromatic heterocycles. The van der Waals surface area contributed by atoms with Gasteiger partial charge in [-0.15, -0.1) is 0 Å². The summed E-state index contributed by atoms with van der Waals surface area (Å²) < 4.78 is 22.3. The van der Waals surface area contributed by atoms with Crippen LogP contribution in [0.2, 0.25) is 0 Å². The zero-order chi connectivity index (χ0) is 29.9. The van der Waals surface area contributed by atoms with Gasteiger partial charge in [-0.05, 0) is 55.9 Å². The van der Waals surface area contributed by atoms with Crippen molar-refractivity contribution in [3.05, 3.63) is 71.6 Å². The molecule has 1 aliphatic carbocycles. The Kier molecular flexibility index (Phi) is 10.9. The van der Waals surface area contributed by atoms with Crippen LogP contribution in [0.5, 0.6) is 5.75 Å². The number of amides is 3. The second-order valence-corrected chi connectivity index (χ2v) is 10.4. The summed E-state index contributed by atoms with van der Waals surface area (Å²) in [6.45, 7) is 2.74. The number of hydrogen-bond donors (Lipinski definition) is 3. The number of carbonyl (C=O) groups excluding carboxylic acids is 3. The van der Waals surface area contributed by atoms with Gasteiger partial charge in [-0.25, -0.2) is 9.78 Å². The van der Waals surface area contributed by atoms with Crippen molar-refractivity contribution in [3.8, 4) is 17.2 Å². The number of hydrogen-bond acceptors (Lipinski definition) is 8. The first kappa shape index (κ1) is 30.6. The maximum atomic E-state index is 12.7. The Labute approximate surface area is 245 Å². The van der Waals surface area contributed by atoms with E-state index in [1.165, 1.54) is 0 Å². The first-order chi connectivity index (χ1) is 20.3. The molecule has 4 rings (SSSR count). The van der Waals surface area contributed by atoms with E-state index in [-0.39, 0.29) is 30.9 Å². The quantitative estimate of drug-likeness (QED) is 0.275. The Morgan fingerprint density at radius 3 is 2.67 bits per heavy atom. The van der Waals surface area contributed by atoms with Gasteiger partial charge in [-0.3, -0.25) is 9.59 Å². The van der Waals surface area contributed by atoms with Crippen molar-refractivity contribution in [1.29, 1.82) is 0 Å². The maximum Gasteiger partial charge on any atom is 0.408 e. The van der Waals surface area contributed by atoms with Gasteiger partial charge in [0.1, 0.15) is 29.9 Å². The molecule has 0 bridgehead atoms. The van der Waals surface area contributed by atoms with Crippen molar-refractivity contribution in [3.63, 3.8) is 0 Å². The fraction of sp³-hybridized carbons (Fsp3) is 0.419. The number of aryl methyl sites for hydroxylation is 1. The molecular formula is C31H38N4O7. The van der Waals surface area contributed by atoms with E-state index in [9.17, 15) is 14.4 Å². The lowest BCUT2D eigenvalue weighted by Gasteiger charge is -2.30. The van der Waals surface area contributed by atoms with Crippen LogP contribution >= 0.6 is 0 Å². The van der Waals surface area contributed by atoms with Gasteiger partial charge in [0.2, 0.25) is 17.7 Å². The molecule has 3 atom stereocenters. The van der Waals surface area contributed by atoms with Gasteiger partial charge in [0.25, 0.3) is 0 Å². The number of nitrogens with one attached hydrogen (secondary N) is 2. The van der Waals surface area contributed by atoms with Crippen LogP contribution in [0.15, 0.2) is 59.0 Å².